The van der Waals surface area contributed by atoms with E-state index in [1.54, 1.807) is 10.9 Å². The van der Waals surface area contributed by atoms with Crippen molar-refractivity contribution in [1.29, 1.82) is 0 Å². The minimum absolute atomic E-state index is 0.123. The summed E-state index contributed by atoms with van der Waals surface area (Å²) < 4.78 is 10.6. The number of ether oxygens (including phenoxy) is 2. The van der Waals surface area contributed by atoms with Crippen LogP contribution in [0, 0.1) is 0 Å². The highest BCUT2D eigenvalue weighted by molar-refractivity contribution is 7.07. The second-order valence-corrected chi connectivity index (χ2v) is 4.72. The molecule has 0 spiro atoms. The van der Waals surface area contributed by atoms with E-state index in [1.165, 1.54) is 11.3 Å². The molecule has 6 heteroatoms. The molecule has 0 N–H and O–H groups in total. The fourth-order valence-electron chi connectivity index (χ4n) is 1.74. The Labute approximate surface area is 104 Å². The molecule has 1 aromatic rings. The van der Waals surface area contributed by atoms with Crippen molar-refractivity contribution in [2.75, 3.05) is 32.8 Å². The Kier molecular flexibility index (Phi) is 4.47. The van der Waals surface area contributed by atoms with Crippen molar-refractivity contribution in [2.24, 2.45) is 0 Å². The maximum Gasteiger partial charge on any atom is 0.358 e. The lowest BCUT2D eigenvalue weighted by Crippen LogP contribution is -2.41. The van der Waals surface area contributed by atoms with Crippen LogP contribution < -0.4 is 0 Å². The van der Waals surface area contributed by atoms with Crippen LogP contribution in [-0.2, 0) is 9.47 Å². The number of aromatic nitrogens is 1. The molecule has 1 atom stereocenters. The fraction of sp³-hybridized carbons (Fsp3) is 0.636. The van der Waals surface area contributed by atoms with Gasteiger partial charge in [0.05, 0.1) is 18.7 Å². The predicted molar refractivity (Wildman–Crippen MR) is 64.3 cm³/mol. The number of nitrogens with zero attached hydrogens (tertiary/aromatic N) is 2. The molecule has 1 fully saturated rings. The first-order chi connectivity index (χ1) is 8.25. The second kappa shape index (κ2) is 6.09. The summed E-state index contributed by atoms with van der Waals surface area (Å²) in [5.41, 5.74) is 2.02. The van der Waals surface area contributed by atoms with Crippen LogP contribution in [0.15, 0.2) is 10.9 Å². The van der Waals surface area contributed by atoms with Crippen LogP contribution in [0.3, 0.4) is 0 Å². The number of hydrogen-bond donors (Lipinski definition) is 0. The highest BCUT2D eigenvalue weighted by Crippen LogP contribution is 2.07. The maximum absolute atomic E-state index is 11.6. The van der Waals surface area contributed by atoms with Gasteiger partial charge in [-0.25, -0.2) is 9.78 Å². The van der Waals surface area contributed by atoms with Gasteiger partial charge in [0.1, 0.15) is 6.10 Å². The van der Waals surface area contributed by atoms with Gasteiger partial charge in [0, 0.05) is 25.0 Å². The molecule has 94 valence electrons. The first-order valence-corrected chi connectivity index (χ1v) is 6.59. The standard InChI is InChI=1S/C11H16N2O3S/c1-9(6-13-2-4-15-5-3-13)16-11(14)10-7-17-8-12-10/h7-9H,2-6H2,1H3/t9-/m1/s1. The fourth-order valence-corrected chi connectivity index (χ4v) is 2.26. The first-order valence-electron chi connectivity index (χ1n) is 5.65. The zero-order chi connectivity index (χ0) is 12.1. The summed E-state index contributed by atoms with van der Waals surface area (Å²) in [5.74, 6) is -0.341. The van der Waals surface area contributed by atoms with Crippen LogP contribution in [0.4, 0.5) is 0 Å². The van der Waals surface area contributed by atoms with Crippen molar-refractivity contribution in [2.45, 2.75) is 13.0 Å². The molecular weight excluding hydrogens is 240 g/mol. The molecular formula is C11H16N2O3S. The Balaban J connectivity index is 1.76. The molecule has 0 aliphatic carbocycles. The molecule has 2 heterocycles. The van der Waals surface area contributed by atoms with Crippen LogP contribution in [0.1, 0.15) is 17.4 Å². The van der Waals surface area contributed by atoms with E-state index in [0.29, 0.717) is 5.69 Å². The molecule has 2 rings (SSSR count). The number of carbonyl (C=O) groups is 1. The highest BCUT2D eigenvalue weighted by Gasteiger charge is 2.18. The van der Waals surface area contributed by atoms with Gasteiger partial charge < -0.3 is 9.47 Å². The smallest absolute Gasteiger partial charge is 0.358 e. The Bertz CT molecular complexity index is 350. The van der Waals surface area contributed by atoms with E-state index in [-0.39, 0.29) is 12.1 Å². The first kappa shape index (κ1) is 12.5. The van der Waals surface area contributed by atoms with E-state index in [2.05, 4.69) is 9.88 Å². The van der Waals surface area contributed by atoms with Crippen molar-refractivity contribution in [1.82, 2.24) is 9.88 Å². The molecule has 1 aliphatic rings. The van der Waals surface area contributed by atoms with E-state index in [0.717, 1.165) is 32.8 Å². The molecule has 0 amide bonds. The van der Waals surface area contributed by atoms with Gasteiger partial charge >= 0.3 is 5.97 Å². The SMILES string of the molecule is C[C@H](CN1CCOCC1)OC(=O)c1cscn1. The molecule has 0 bridgehead atoms. The lowest BCUT2D eigenvalue weighted by molar-refractivity contribution is 0.000161. The topological polar surface area (TPSA) is 51.7 Å². The van der Waals surface area contributed by atoms with E-state index < -0.39 is 0 Å². The van der Waals surface area contributed by atoms with Gasteiger partial charge in [-0.3, -0.25) is 4.90 Å². The van der Waals surface area contributed by atoms with Crippen LogP contribution in [-0.4, -0.2) is 54.8 Å². The molecule has 1 aliphatic heterocycles. The Morgan fingerprint density at radius 3 is 3.06 bits per heavy atom. The Morgan fingerprint density at radius 2 is 2.41 bits per heavy atom. The van der Waals surface area contributed by atoms with Gasteiger partial charge in [0.2, 0.25) is 0 Å². The average molecular weight is 256 g/mol. The zero-order valence-electron chi connectivity index (χ0n) is 9.80. The zero-order valence-corrected chi connectivity index (χ0v) is 10.6. The Morgan fingerprint density at radius 1 is 1.65 bits per heavy atom. The quantitative estimate of drug-likeness (QED) is 0.753. The number of hydrogen-bond acceptors (Lipinski definition) is 6. The summed E-state index contributed by atoms with van der Waals surface area (Å²) in [7, 11) is 0. The monoisotopic (exact) mass is 256 g/mol. The van der Waals surface area contributed by atoms with Crippen LogP contribution in [0.25, 0.3) is 0 Å². The van der Waals surface area contributed by atoms with E-state index in [1.807, 2.05) is 6.92 Å². The van der Waals surface area contributed by atoms with E-state index in [9.17, 15) is 4.79 Å². The number of thiazole rings is 1. The summed E-state index contributed by atoms with van der Waals surface area (Å²) in [6, 6.07) is 0. The number of carbonyl (C=O) groups excluding carboxylic acids is 1. The average Bonchev–Trinajstić information content (AvgIpc) is 2.83. The van der Waals surface area contributed by atoms with Gasteiger partial charge in [-0.1, -0.05) is 0 Å². The minimum Gasteiger partial charge on any atom is -0.457 e. The number of esters is 1. The summed E-state index contributed by atoms with van der Waals surface area (Å²) in [6.45, 7) is 5.97. The van der Waals surface area contributed by atoms with E-state index in [4.69, 9.17) is 9.47 Å². The molecule has 0 saturated carbocycles. The third kappa shape index (κ3) is 3.76. The largest absolute Gasteiger partial charge is 0.457 e. The molecule has 0 aromatic carbocycles. The van der Waals surface area contributed by atoms with Crippen LogP contribution in [0.5, 0.6) is 0 Å². The van der Waals surface area contributed by atoms with E-state index >= 15 is 0 Å². The van der Waals surface area contributed by atoms with Crippen molar-refractivity contribution in [3.63, 3.8) is 0 Å². The van der Waals surface area contributed by atoms with Crippen molar-refractivity contribution < 1.29 is 14.3 Å². The van der Waals surface area contributed by atoms with Gasteiger partial charge in [-0.05, 0) is 6.92 Å². The summed E-state index contributed by atoms with van der Waals surface area (Å²) in [6.07, 6.45) is -0.123. The van der Waals surface area contributed by atoms with Gasteiger partial charge in [-0.15, -0.1) is 11.3 Å². The highest BCUT2D eigenvalue weighted by atomic mass is 32.1. The van der Waals surface area contributed by atoms with Gasteiger partial charge in [0.15, 0.2) is 5.69 Å². The summed E-state index contributed by atoms with van der Waals surface area (Å²) in [4.78, 5) is 17.8. The van der Waals surface area contributed by atoms with Gasteiger partial charge in [0.25, 0.3) is 0 Å². The predicted octanol–water partition coefficient (Wildman–Crippen LogP) is 1.02. The summed E-state index contributed by atoms with van der Waals surface area (Å²) in [5, 5.41) is 1.70. The van der Waals surface area contributed by atoms with Crippen LogP contribution >= 0.6 is 11.3 Å². The molecule has 17 heavy (non-hydrogen) atoms. The Hall–Kier alpha value is -0.980. The molecule has 0 radical (unpaired) electrons. The molecule has 5 nitrogen and oxygen atoms in total. The molecule has 0 unspecified atom stereocenters. The third-order valence-electron chi connectivity index (χ3n) is 2.57. The van der Waals surface area contributed by atoms with Crippen LogP contribution in [0.2, 0.25) is 0 Å². The van der Waals surface area contributed by atoms with Crippen molar-refractivity contribution in [3.05, 3.63) is 16.6 Å². The van der Waals surface area contributed by atoms with Crippen molar-refractivity contribution >= 4 is 17.3 Å². The maximum atomic E-state index is 11.6. The number of rotatable bonds is 4. The lowest BCUT2D eigenvalue weighted by atomic mass is 10.3. The second-order valence-electron chi connectivity index (χ2n) is 4.00. The molecule has 1 saturated heterocycles. The molecule has 1 aromatic heterocycles. The minimum atomic E-state index is -0.341. The number of morpholine rings is 1. The summed E-state index contributed by atoms with van der Waals surface area (Å²) >= 11 is 1.39. The van der Waals surface area contributed by atoms with Crippen molar-refractivity contribution in [3.8, 4) is 0 Å². The third-order valence-corrected chi connectivity index (χ3v) is 3.16. The van der Waals surface area contributed by atoms with Gasteiger partial charge in [-0.2, -0.15) is 0 Å². The normalized spacial score (nSPS) is 18.9. The lowest BCUT2D eigenvalue weighted by Gasteiger charge is -2.28.